The van der Waals surface area contributed by atoms with E-state index < -0.39 is 5.91 Å². The number of H-pyrrole nitrogens is 1. The molecule has 1 amide bonds. The maximum atomic E-state index is 12.1. The van der Waals surface area contributed by atoms with Crippen molar-refractivity contribution in [1.29, 1.82) is 0 Å². The van der Waals surface area contributed by atoms with Crippen LogP contribution in [0.2, 0.25) is 0 Å². The van der Waals surface area contributed by atoms with Crippen LogP contribution < -0.4 is 4.74 Å². The molecule has 0 bridgehead atoms. The van der Waals surface area contributed by atoms with Crippen molar-refractivity contribution in [3.63, 3.8) is 0 Å². The molecule has 0 spiro atoms. The van der Waals surface area contributed by atoms with Crippen LogP contribution >= 0.6 is 0 Å². The van der Waals surface area contributed by atoms with E-state index in [0.29, 0.717) is 5.69 Å². The topological polar surface area (TPSA) is 104 Å². The van der Waals surface area contributed by atoms with E-state index in [1.165, 1.54) is 0 Å². The van der Waals surface area contributed by atoms with Crippen LogP contribution in [0.1, 0.15) is 10.5 Å². The smallest absolute Gasteiger partial charge is 0.267 e. The number of hydrogen-bond donors (Lipinski definition) is 1. The number of hydrogen-bond acceptors (Lipinski definition) is 3. The molecule has 0 fully saturated rings. The van der Waals surface area contributed by atoms with Crippen LogP contribution in [0, 0.1) is 0 Å². The van der Waals surface area contributed by atoms with Crippen LogP contribution in [-0.2, 0) is 0 Å². The number of amides is 1. The van der Waals surface area contributed by atoms with Gasteiger partial charge in [-0.25, -0.2) is 4.98 Å². The predicted octanol–water partition coefficient (Wildman–Crippen LogP) is 4.84. The Balaban J connectivity index is 2.05. The predicted molar refractivity (Wildman–Crippen MR) is 99.1 cm³/mol. The Morgan fingerprint density at radius 1 is 1.15 bits per heavy atom. The third kappa shape index (κ3) is 2.53. The number of para-hydroxylation sites is 1. The number of pyridine rings is 1. The van der Waals surface area contributed by atoms with E-state index >= 15 is 0 Å². The van der Waals surface area contributed by atoms with E-state index in [0.717, 1.165) is 33.1 Å². The van der Waals surface area contributed by atoms with E-state index in [1.807, 2.05) is 48.5 Å². The lowest BCUT2D eigenvalue weighted by atomic mass is 10.1. The Morgan fingerprint density at radius 2 is 1.92 bits per heavy atom. The highest BCUT2D eigenvalue weighted by Crippen LogP contribution is 2.33. The van der Waals surface area contributed by atoms with Gasteiger partial charge in [0.25, 0.3) is 5.91 Å². The third-order valence-corrected chi connectivity index (χ3v) is 4.21. The molecule has 7 nitrogen and oxygen atoms in total. The summed E-state index contributed by atoms with van der Waals surface area (Å²) in [5.41, 5.74) is 11.9. The summed E-state index contributed by atoms with van der Waals surface area (Å²) in [7, 11) is 1.60. The van der Waals surface area contributed by atoms with Gasteiger partial charge in [0.05, 0.1) is 18.3 Å². The Hall–Kier alpha value is -3.83. The van der Waals surface area contributed by atoms with Crippen molar-refractivity contribution in [2.45, 2.75) is 0 Å². The minimum absolute atomic E-state index is 0.103. The zero-order valence-electron chi connectivity index (χ0n) is 13.8. The number of methoxy groups -OCH3 is 1. The molecule has 4 aromatic rings. The summed E-state index contributed by atoms with van der Waals surface area (Å²) < 4.78 is 5.20. The molecular weight excluding hydrogens is 330 g/mol. The number of ether oxygens (including phenoxy) is 1. The second-order valence-electron chi connectivity index (χ2n) is 5.67. The van der Waals surface area contributed by atoms with E-state index in [4.69, 9.17) is 10.3 Å². The van der Waals surface area contributed by atoms with Crippen molar-refractivity contribution < 1.29 is 9.53 Å². The van der Waals surface area contributed by atoms with Crippen LogP contribution in [0.4, 0.5) is 0 Å². The number of rotatable bonds is 3. The van der Waals surface area contributed by atoms with E-state index in [2.05, 4.69) is 20.0 Å². The molecular formula is C19H13N5O2. The maximum absolute atomic E-state index is 12.1. The van der Waals surface area contributed by atoms with Crippen molar-refractivity contribution in [3.05, 3.63) is 70.7 Å². The molecule has 4 rings (SSSR count). The summed E-state index contributed by atoms with van der Waals surface area (Å²) in [6.07, 6.45) is 0. The number of azide groups is 1. The first-order valence-corrected chi connectivity index (χ1v) is 7.86. The summed E-state index contributed by atoms with van der Waals surface area (Å²) in [6, 6.07) is 16.8. The first kappa shape index (κ1) is 15.7. The van der Waals surface area contributed by atoms with E-state index in [1.54, 1.807) is 13.2 Å². The molecule has 0 radical (unpaired) electrons. The standard InChI is InChI=1S/C19H13N5O2/c1-26-12-8-6-11(7-9-12)17-18-14(10-16(22-17)19(25)23-24-20)13-4-2-3-5-15(13)21-18/h2-10,21H,1H3. The SMILES string of the molecule is COc1ccc(-c2nc(C(=O)N=[N+]=[N-])cc3c2[nH]c2ccccc23)cc1. The van der Waals surface area contributed by atoms with Crippen molar-refractivity contribution in [1.82, 2.24) is 9.97 Å². The van der Waals surface area contributed by atoms with Gasteiger partial charge < -0.3 is 9.72 Å². The van der Waals surface area contributed by atoms with Gasteiger partial charge in [0, 0.05) is 26.8 Å². The van der Waals surface area contributed by atoms with E-state index in [9.17, 15) is 4.79 Å². The fourth-order valence-electron chi connectivity index (χ4n) is 3.00. The van der Waals surface area contributed by atoms with Crippen LogP contribution in [-0.4, -0.2) is 23.0 Å². The number of carbonyl (C=O) groups excluding carboxylic acids is 1. The highest BCUT2D eigenvalue weighted by atomic mass is 16.5. The molecule has 0 aliphatic carbocycles. The average Bonchev–Trinajstić information content (AvgIpc) is 3.06. The van der Waals surface area contributed by atoms with Crippen LogP contribution in [0.25, 0.3) is 43.5 Å². The van der Waals surface area contributed by atoms with E-state index in [-0.39, 0.29) is 5.69 Å². The lowest BCUT2D eigenvalue weighted by Crippen LogP contribution is -2.00. The minimum Gasteiger partial charge on any atom is -0.497 e. The molecule has 2 aromatic carbocycles. The number of aromatic nitrogens is 2. The van der Waals surface area contributed by atoms with Crippen molar-refractivity contribution in [2.24, 2.45) is 5.11 Å². The number of carbonyl (C=O) groups is 1. The lowest BCUT2D eigenvalue weighted by Gasteiger charge is -2.07. The first-order valence-electron chi connectivity index (χ1n) is 7.86. The second-order valence-corrected chi connectivity index (χ2v) is 5.67. The van der Waals surface area contributed by atoms with Gasteiger partial charge in [-0.2, -0.15) is 0 Å². The molecule has 7 heteroatoms. The quantitative estimate of drug-likeness (QED) is 0.327. The summed E-state index contributed by atoms with van der Waals surface area (Å²) in [6.45, 7) is 0. The van der Waals surface area contributed by atoms with Crippen molar-refractivity contribution in [3.8, 4) is 17.0 Å². The van der Waals surface area contributed by atoms with Crippen LogP contribution in [0.3, 0.4) is 0 Å². The fraction of sp³-hybridized carbons (Fsp3) is 0.0526. The molecule has 0 unspecified atom stereocenters. The number of benzene rings is 2. The molecule has 1 N–H and O–H groups in total. The highest BCUT2D eigenvalue weighted by Gasteiger charge is 2.16. The lowest BCUT2D eigenvalue weighted by molar-refractivity contribution is 0.0996. The average molecular weight is 343 g/mol. The molecule has 0 aliphatic heterocycles. The Kier molecular flexibility index (Phi) is 3.76. The summed E-state index contributed by atoms with van der Waals surface area (Å²) in [5.74, 6) is 0.0115. The minimum atomic E-state index is -0.713. The van der Waals surface area contributed by atoms with Gasteiger partial charge in [-0.1, -0.05) is 18.2 Å². The summed E-state index contributed by atoms with van der Waals surface area (Å²) >= 11 is 0. The van der Waals surface area contributed by atoms with Gasteiger partial charge in [-0.3, -0.25) is 4.79 Å². The summed E-state index contributed by atoms with van der Waals surface area (Å²) in [5, 5.41) is 4.99. The third-order valence-electron chi connectivity index (χ3n) is 4.21. The van der Waals surface area contributed by atoms with Gasteiger partial charge in [0.15, 0.2) is 0 Å². The molecule has 2 aromatic heterocycles. The van der Waals surface area contributed by atoms with Crippen LogP contribution in [0.5, 0.6) is 5.75 Å². The molecule has 0 saturated carbocycles. The van der Waals surface area contributed by atoms with Gasteiger partial charge >= 0.3 is 0 Å². The number of nitrogens with zero attached hydrogens (tertiary/aromatic N) is 4. The largest absolute Gasteiger partial charge is 0.497 e. The Bertz CT molecular complexity index is 1190. The molecule has 2 heterocycles. The zero-order chi connectivity index (χ0) is 18.1. The fourth-order valence-corrected chi connectivity index (χ4v) is 3.00. The normalized spacial score (nSPS) is 10.7. The number of nitrogens with one attached hydrogen (secondary N) is 1. The van der Waals surface area contributed by atoms with Gasteiger partial charge in [0.1, 0.15) is 11.4 Å². The molecule has 0 aliphatic rings. The van der Waals surface area contributed by atoms with Gasteiger partial charge in [-0.15, -0.1) is 0 Å². The Morgan fingerprint density at radius 3 is 2.65 bits per heavy atom. The van der Waals surface area contributed by atoms with Gasteiger partial charge in [-0.05, 0) is 47.0 Å². The second kappa shape index (κ2) is 6.23. The first-order chi connectivity index (χ1) is 12.7. The molecule has 0 atom stereocenters. The zero-order valence-corrected chi connectivity index (χ0v) is 13.8. The van der Waals surface area contributed by atoms with Crippen molar-refractivity contribution >= 4 is 27.7 Å². The monoisotopic (exact) mass is 343 g/mol. The van der Waals surface area contributed by atoms with Crippen LogP contribution in [0.15, 0.2) is 59.7 Å². The molecule has 126 valence electrons. The van der Waals surface area contributed by atoms with Crippen molar-refractivity contribution in [2.75, 3.05) is 7.11 Å². The molecule has 0 saturated heterocycles. The maximum Gasteiger partial charge on any atom is 0.267 e. The van der Waals surface area contributed by atoms with Gasteiger partial charge in [0.2, 0.25) is 0 Å². The molecule has 26 heavy (non-hydrogen) atoms. The number of fused-ring (bicyclic) bond motifs is 3. The highest BCUT2D eigenvalue weighted by molar-refractivity contribution is 6.13. The number of aromatic amines is 1. The summed E-state index contributed by atoms with van der Waals surface area (Å²) in [4.78, 5) is 22.5. The Labute approximate surface area is 147 Å².